The van der Waals surface area contributed by atoms with Gasteiger partial charge in [0.15, 0.2) is 29.5 Å². The molecular weight excluding hydrogens is 503 g/mol. The number of phosphoric ester groups is 1. The van der Waals surface area contributed by atoms with Crippen LogP contribution in [-0.4, -0.2) is 74.9 Å². The highest BCUT2D eigenvalue weighted by Gasteiger charge is 2.50. The van der Waals surface area contributed by atoms with Crippen molar-refractivity contribution in [2.45, 2.75) is 31.6 Å². The SMILES string of the molecule is CNc1nc(C)nc2c1ncn2C1OC(OP(=O)(O)OP(=O)(O)OP(=O)(O)O)C(O)C1O. The van der Waals surface area contributed by atoms with E-state index in [1.165, 1.54) is 10.9 Å². The molecule has 1 aliphatic heterocycles. The van der Waals surface area contributed by atoms with Crippen molar-refractivity contribution in [3.05, 3.63) is 12.2 Å². The highest BCUT2D eigenvalue weighted by atomic mass is 31.3. The summed E-state index contributed by atoms with van der Waals surface area (Å²) in [6, 6.07) is 0. The third-order valence-corrected chi connectivity index (χ3v) is 7.69. The molecule has 180 valence electrons. The molecule has 3 heterocycles. The first-order valence-electron chi connectivity index (χ1n) is 8.35. The molecule has 2 aromatic rings. The van der Waals surface area contributed by atoms with Crippen molar-refractivity contribution in [2.24, 2.45) is 0 Å². The first kappa shape index (κ1) is 25.3. The summed E-state index contributed by atoms with van der Waals surface area (Å²) >= 11 is 0. The van der Waals surface area contributed by atoms with Gasteiger partial charge in [-0.15, -0.1) is 0 Å². The Morgan fingerprint density at radius 3 is 2.31 bits per heavy atom. The molecule has 0 spiro atoms. The fourth-order valence-electron chi connectivity index (χ4n) is 2.76. The van der Waals surface area contributed by atoms with Gasteiger partial charge in [0.05, 0.1) is 6.33 Å². The van der Waals surface area contributed by atoms with E-state index in [1.807, 2.05) is 0 Å². The maximum atomic E-state index is 12.0. The molecule has 1 aliphatic rings. The number of phosphoric acid groups is 3. The molecule has 32 heavy (non-hydrogen) atoms. The van der Waals surface area contributed by atoms with Gasteiger partial charge in [-0.3, -0.25) is 9.09 Å². The molecule has 0 aromatic carbocycles. The van der Waals surface area contributed by atoms with Crippen LogP contribution in [0.25, 0.3) is 11.2 Å². The number of hydrogen-bond acceptors (Lipinski definition) is 13. The van der Waals surface area contributed by atoms with E-state index < -0.39 is 48.2 Å². The van der Waals surface area contributed by atoms with Gasteiger partial charge in [-0.1, -0.05) is 0 Å². The zero-order valence-corrected chi connectivity index (χ0v) is 18.7. The number of rotatable bonds is 8. The molecule has 7 N–H and O–H groups in total. The molecule has 1 saturated heterocycles. The number of ether oxygens (including phenoxy) is 1. The second-order valence-corrected chi connectivity index (χ2v) is 10.6. The summed E-state index contributed by atoms with van der Waals surface area (Å²) in [5.41, 5.74) is 0.441. The van der Waals surface area contributed by atoms with Crippen LogP contribution >= 0.6 is 23.5 Å². The minimum Gasteiger partial charge on any atom is -0.385 e. The molecule has 3 rings (SSSR count). The summed E-state index contributed by atoms with van der Waals surface area (Å²) in [6.45, 7) is 1.58. The monoisotopic (exact) mass is 521 g/mol. The molecule has 0 amide bonds. The lowest BCUT2D eigenvalue weighted by atomic mass is 10.2. The molecule has 6 unspecified atom stereocenters. The van der Waals surface area contributed by atoms with Gasteiger partial charge in [-0.2, -0.15) is 8.62 Å². The lowest BCUT2D eigenvalue weighted by Gasteiger charge is -2.20. The van der Waals surface area contributed by atoms with Crippen LogP contribution in [0.15, 0.2) is 6.33 Å². The van der Waals surface area contributed by atoms with Crippen LogP contribution in [-0.2, 0) is 31.6 Å². The normalized spacial score (nSPS) is 27.9. The summed E-state index contributed by atoms with van der Waals surface area (Å²) in [6.07, 6.45) is -6.10. The first-order chi connectivity index (χ1) is 14.6. The Hall–Kier alpha value is -1.36. The molecule has 0 saturated carbocycles. The first-order valence-corrected chi connectivity index (χ1v) is 12.9. The average Bonchev–Trinajstić information content (AvgIpc) is 3.13. The number of fused-ring (bicyclic) bond motifs is 1. The third kappa shape index (κ3) is 5.58. The largest absolute Gasteiger partial charge is 0.490 e. The Morgan fingerprint density at radius 1 is 1.06 bits per heavy atom. The standard InChI is InChI=1S/C11H18N5O13P3/c1-4-14-8(12-2)5-9(15-4)16(3-13-5)10-6(17)7(18)11(26-10)27-31(22,23)29-32(24,25)28-30(19,20)21/h3,6-7,10-11,17-18H,1-2H3,(H,22,23)(H,24,25)(H,12,14,15)(H2,19,20,21). The highest BCUT2D eigenvalue weighted by Crippen LogP contribution is 2.67. The predicted octanol–water partition coefficient (Wildman–Crippen LogP) is -0.904. The molecular formula is C11H18N5O13P3. The summed E-state index contributed by atoms with van der Waals surface area (Å²) < 4.78 is 52.1. The van der Waals surface area contributed by atoms with Crippen molar-refractivity contribution >= 4 is 40.4 Å². The Morgan fingerprint density at radius 2 is 1.72 bits per heavy atom. The number of anilines is 1. The van der Waals surface area contributed by atoms with Crippen molar-refractivity contribution in [3.63, 3.8) is 0 Å². The van der Waals surface area contributed by atoms with Crippen molar-refractivity contribution < 1.29 is 61.4 Å². The van der Waals surface area contributed by atoms with Crippen LogP contribution in [0, 0.1) is 6.92 Å². The lowest BCUT2D eigenvalue weighted by Crippen LogP contribution is -2.32. The highest BCUT2D eigenvalue weighted by molar-refractivity contribution is 7.66. The summed E-state index contributed by atoms with van der Waals surface area (Å²) in [5.74, 6) is 0.672. The van der Waals surface area contributed by atoms with E-state index >= 15 is 0 Å². The van der Waals surface area contributed by atoms with E-state index in [1.54, 1.807) is 14.0 Å². The van der Waals surface area contributed by atoms with Gasteiger partial charge in [0.25, 0.3) is 0 Å². The molecule has 0 radical (unpaired) electrons. The maximum absolute atomic E-state index is 12.0. The Bertz CT molecular complexity index is 1150. The lowest BCUT2D eigenvalue weighted by molar-refractivity contribution is -0.133. The van der Waals surface area contributed by atoms with Crippen molar-refractivity contribution in [1.82, 2.24) is 19.5 Å². The zero-order chi connectivity index (χ0) is 24.1. The number of hydrogen-bond donors (Lipinski definition) is 7. The fourth-order valence-corrected chi connectivity index (χ4v) is 5.86. The van der Waals surface area contributed by atoms with Gasteiger partial charge >= 0.3 is 23.5 Å². The number of aliphatic hydroxyl groups excluding tert-OH is 2. The summed E-state index contributed by atoms with van der Waals surface area (Å²) in [7, 11) is -15.4. The fraction of sp³-hybridized carbons (Fsp3) is 0.545. The maximum Gasteiger partial charge on any atom is 0.490 e. The van der Waals surface area contributed by atoms with Crippen molar-refractivity contribution in [2.75, 3.05) is 12.4 Å². The van der Waals surface area contributed by atoms with Gasteiger partial charge in [0.2, 0.25) is 0 Å². The molecule has 0 aliphatic carbocycles. The average molecular weight is 521 g/mol. The second-order valence-electron chi connectivity index (χ2n) is 6.27. The molecule has 18 nitrogen and oxygen atoms in total. The molecule has 6 atom stereocenters. The molecule has 2 aromatic heterocycles. The van der Waals surface area contributed by atoms with E-state index in [9.17, 15) is 33.7 Å². The van der Waals surface area contributed by atoms with Crippen LogP contribution in [0.2, 0.25) is 0 Å². The van der Waals surface area contributed by atoms with Crippen molar-refractivity contribution in [3.8, 4) is 0 Å². The van der Waals surface area contributed by atoms with Crippen LogP contribution in [0.4, 0.5) is 5.82 Å². The molecule has 1 fully saturated rings. The van der Waals surface area contributed by atoms with Gasteiger partial charge in [0.1, 0.15) is 18.0 Å². The van der Waals surface area contributed by atoms with Crippen LogP contribution < -0.4 is 5.32 Å². The van der Waals surface area contributed by atoms with Gasteiger partial charge in [0, 0.05) is 7.05 Å². The van der Waals surface area contributed by atoms with Gasteiger partial charge in [-0.25, -0.2) is 28.6 Å². The van der Waals surface area contributed by atoms with Crippen LogP contribution in [0.1, 0.15) is 12.1 Å². The smallest absolute Gasteiger partial charge is 0.385 e. The minimum absolute atomic E-state index is 0.164. The number of aromatic nitrogens is 4. The topological polar surface area (TPSA) is 265 Å². The summed E-state index contributed by atoms with van der Waals surface area (Å²) in [5, 5.41) is 23.3. The van der Waals surface area contributed by atoms with E-state index in [0.717, 1.165) is 0 Å². The van der Waals surface area contributed by atoms with E-state index in [0.29, 0.717) is 11.6 Å². The number of aliphatic hydroxyl groups is 2. The summed E-state index contributed by atoms with van der Waals surface area (Å²) in [4.78, 5) is 48.3. The van der Waals surface area contributed by atoms with E-state index in [4.69, 9.17) is 14.5 Å². The van der Waals surface area contributed by atoms with Gasteiger partial charge in [-0.05, 0) is 6.92 Å². The van der Waals surface area contributed by atoms with E-state index in [2.05, 4.69) is 33.4 Å². The van der Waals surface area contributed by atoms with Crippen LogP contribution in [0.5, 0.6) is 0 Å². The second kappa shape index (κ2) is 8.77. The number of nitrogens with zero attached hydrogens (tertiary/aromatic N) is 4. The molecule has 0 bridgehead atoms. The Balaban J connectivity index is 1.82. The molecule has 21 heteroatoms. The number of aryl methyl sites for hydroxylation is 1. The van der Waals surface area contributed by atoms with Crippen LogP contribution in [0.3, 0.4) is 0 Å². The Labute approximate surface area is 178 Å². The van der Waals surface area contributed by atoms with Gasteiger partial charge < -0.3 is 39.8 Å². The third-order valence-electron chi connectivity index (χ3n) is 3.89. The predicted molar refractivity (Wildman–Crippen MR) is 100 cm³/mol. The quantitative estimate of drug-likeness (QED) is 0.207. The van der Waals surface area contributed by atoms with Crippen molar-refractivity contribution in [1.29, 1.82) is 0 Å². The van der Waals surface area contributed by atoms with E-state index in [-0.39, 0.29) is 11.2 Å². The number of imidazole rings is 1. The Kier molecular flexibility index (Phi) is 6.93. The number of nitrogens with one attached hydrogen (secondary N) is 1. The zero-order valence-electron chi connectivity index (χ0n) is 16.1. The minimum atomic E-state index is -5.78.